The Labute approximate surface area is 162 Å². The number of carbonyl (C=O) groups is 2. The Kier molecular flexibility index (Phi) is 7.81. The number of thioether (sulfide) groups is 1. The van der Waals surface area contributed by atoms with Crippen molar-refractivity contribution in [2.75, 3.05) is 23.0 Å². The van der Waals surface area contributed by atoms with Gasteiger partial charge in [0.25, 0.3) is 0 Å². The second kappa shape index (κ2) is 10.1. The third kappa shape index (κ3) is 6.61. The molecule has 2 amide bonds. The maximum absolute atomic E-state index is 12.2. The van der Waals surface area contributed by atoms with Crippen LogP contribution in [0.25, 0.3) is 0 Å². The van der Waals surface area contributed by atoms with E-state index in [-0.39, 0.29) is 22.8 Å². The van der Waals surface area contributed by atoms with Gasteiger partial charge in [-0.1, -0.05) is 11.6 Å². The van der Waals surface area contributed by atoms with E-state index in [2.05, 4.69) is 10.6 Å². The van der Waals surface area contributed by atoms with Crippen LogP contribution in [0, 0.1) is 0 Å². The van der Waals surface area contributed by atoms with Gasteiger partial charge >= 0.3 is 0 Å². The Hall–Kier alpha value is -2.18. The molecule has 0 aliphatic rings. The summed E-state index contributed by atoms with van der Waals surface area (Å²) in [6.45, 7) is 4.27. The Morgan fingerprint density at radius 3 is 2.23 bits per heavy atom. The fourth-order valence-electron chi connectivity index (χ4n) is 2.05. The lowest BCUT2D eigenvalue weighted by Gasteiger charge is -2.12. The first-order chi connectivity index (χ1) is 12.5. The average molecular weight is 393 g/mol. The minimum absolute atomic E-state index is 0.161. The van der Waals surface area contributed by atoms with E-state index >= 15 is 0 Å². The fourth-order valence-corrected chi connectivity index (χ4v) is 2.86. The zero-order chi connectivity index (χ0) is 18.9. The van der Waals surface area contributed by atoms with Crippen molar-refractivity contribution in [3.63, 3.8) is 0 Å². The molecular formula is C19H21ClN2O3S. The van der Waals surface area contributed by atoms with Gasteiger partial charge < -0.3 is 15.4 Å². The number of ether oxygens (including phenoxy) is 1. The maximum Gasteiger partial charge on any atom is 0.237 e. The first-order valence-electron chi connectivity index (χ1n) is 8.18. The Morgan fingerprint density at radius 2 is 1.62 bits per heavy atom. The highest BCUT2D eigenvalue weighted by Gasteiger charge is 2.15. The van der Waals surface area contributed by atoms with Gasteiger partial charge in [-0.25, -0.2) is 0 Å². The summed E-state index contributed by atoms with van der Waals surface area (Å²) < 4.78 is 5.36. The summed E-state index contributed by atoms with van der Waals surface area (Å²) in [5, 5.41) is 5.84. The summed E-state index contributed by atoms with van der Waals surface area (Å²) in [6, 6.07) is 14.0. The summed E-state index contributed by atoms with van der Waals surface area (Å²) >= 11 is 7.09. The molecule has 0 aliphatic heterocycles. The molecule has 2 aromatic rings. The third-order valence-corrected chi connectivity index (χ3v) is 4.79. The minimum Gasteiger partial charge on any atom is -0.494 e. The number of amides is 2. The van der Waals surface area contributed by atoms with Crippen molar-refractivity contribution in [2.45, 2.75) is 19.1 Å². The zero-order valence-corrected chi connectivity index (χ0v) is 16.2. The second-order valence-electron chi connectivity index (χ2n) is 5.45. The summed E-state index contributed by atoms with van der Waals surface area (Å²) in [6.07, 6.45) is 0. The first-order valence-corrected chi connectivity index (χ1v) is 9.61. The standard InChI is InChI=1S/C19H21ClN2O3S/c1-3-25-17-10-8-15(9-11-17)21-18(23)12-26-13(2)19(24)22-16-6-4-14(20)5-7-16/h4-11,13H,3,12H2,1-2H3,(H,21,23)(H,22,24)/t13-/m1/s1. The zero-order valence-electron chi connectivity index (χ0n) is 14.6. The molecular weight excluding hydrogens is 372 g/mol. The van der Waals surface area contributed by atoms with Crippen LogP contribution in [0.5, 0.6) is 5.75 Å². The highest BCUT2D eigenvalue weighted by Crippen LogP contribution is 2.18. The van der Waals surface area contributed by atoms with Crippen molar-refractivity contribution >= 4 is 46.6 Å². The number of carbonyl (C=O) groups excluding carboxylic acids is 2. The number of halogens is 1. The van der Waals surface area contributed by atoms with E-state index in [1.165, 1.54) is 11.8 Å². The van der Waals surface area contributed by atoms with Gasteiger partial charge in [-0.3, -0.25) is 9.59 Å². The van der Waals surface area contributed by atoms with E-state index in [0.717, 1.165) is 5.75 Å². The number of hydrogen-bond acceptors (Lipinski definition) is 4. The number of rotatable bonds is 8. The Balaban J connectivity index is 1.76. The van der Waals surface area contributed by atoms with Crippen molar-refractivity contribution in [1.29, 1.82) is 0 Å². The third-order valence-electron chi connectivity index (χ3n) is 3.39. The lowest BCUT2D eigenvalue weighted by Crippen LogP contribution is -2.25. The van der Waals surface area contributed by atoms with Crippen LogP contribution < -0.4 is 15.4 Å². The Bertz CT molecular complexity index is 735. The van der Waals surface area contributed by atoms with E-state index in [4.69, 9.17) is 16.3 Å². The van der Waals surface area contributed by atoms with Crippen LogP contribution in [0.1, 0.15) is 13.8 Å². The molecule has 2 N–H and O–H groups in total. The van der Waals surface area contributed by atoms with Gasteiger partial charge in [-0.15, -0.1) is 11.8 Å². The number of benzene rings is 2. The van der Waals surface area contributed by atoms with Crippen LogP contribution >= 0.6 is 23.4 Å². The van der Waals surface area contributed by atoms with E-state index in [0.29, 0.717) is 23.0 Å². The fraction of sp³-hybridized carbons (Fsp3) is 0.263. The van der Waals surface area contributed by atoms with Gasteiger partial charge in [0.05, 0.1) is 17.6 Å². The van der Waals surface area contributed by atoms with E-state index < -0.39 is 0 Å². The number of hydrogen-bond donors (Lipinski definition) is 2. The summed E-state index contributed by atoms with van der Waals surface area (Å²) in [4.78, 5) is 24.2. The molecule has 0 radical (unpaired) electrons. The molecule has 0 unspecified atom stereocenters. The smallest absolute Gasteiger partial charge is 0.237 e. The van der Waals surface area contributed by atoms with Gasteiger partial charge in [0, 0.05) is 16.4 Å². The maximum atomic E-state index is 12.2. The number of anilines is 2. The molecule has 2 aromatic carbocycles. The lowest BCUT2D eigenvalue weighted by atomic mass is 10.3. The predicted molar refractivity (Wildman–Crippen MR) is 108 cm³/mol. The molecule has 0 bridgehead atoms. The molecule has 0 spiro atoms. The van der Waals surface area contributed by atoms with Gasteiger partial charge in [0.15, 0.2) is 0 Å². The van der Waals surface area contributed by atoms with Crippen molar-refractivity contribution < 1.29 is 14.3 Å². The molecule has 0 heterocycles. The highest BCUT2D eigenvalue weighted by atomic mass is 35.5. The lowest BCUT2D eigenvalue weighted by molar-refractivity contribution is -0.115. The van der Waals surface area contributed by atoms with Crippen LogP contribution in [0.2, 0.25) is 5.02 Å². The predicted octanol–water partition coefficient (Wildman–Crippen LogP) is 4.44. The number of nitrogens with one attached hydrogen (secondary N) is 2. The molecule has 2 rings (SSSR count). The van der Waals surface area contributed by atoms with E-state index in [1.807, 2.05) is 6.92 Å². The molecule has 0 fully saturated rings. The van der Waals surface area contributed by atoms with Crippen molar-refractivity contribution in [2.24, 2.45) is 0 Å². The van der Waals surface area contributed by atoms with Gasteiger partial charge in [-0.2, -0.15) is 0 Å². The molecule has 5 nitrogen and oxygen atoms in total. The molecule has 7 heteroatoms. The van der Waals surface area contributed by atoms with Gasteiger partial charge in [0.2, 0.25) is 11.8 Å². The first kappa shape index (κ1) is 20.1. The molecule has 26 heavy (non-hydrogen) atoms. The normalized spacial score (nSPS) is 11.5. The van der Waals surface area contributed by atoms with Crippen LogP contribution in [0.4, 0.5) is 11.4 Å². The average Bonchev–Trinajstić information content (AvgIpc) is 2.63. The molecule has 0 saturated carbocycles. The highest BCUT2D eigenvalue weighted by molar-refractivity contribution is 8.01. The van der Waals surface area contributed by atoms with Crippen molar-refractivity contribution in [3.8, 4) is 5.75 Å². The van der Waals surface area contributed by atoms with E-state index in [1.54, 1.807) is 55.5 Å². The van der Waals surface area contributed by atoms with E-state index in [9.17, 15) is 9.59 Å². The van der Waals surface area contributed by atoms with Crippen LogP contribution in [-0.2, 0) is 9.59 Å². The molecule has 138 valence electrons. The monoisotopic (exact) mass is 392 g/mol. The molecule has 0 aromatic heterocycles. The van der Waals surface area contributed by atoms with Crippen LogP contribution in [0.3, 0.4) is 0 Å². The molecule has 0 saturated heterocycles. The van der Waals surface area contributed by atoms with Crippen molar-refractivity contribution in [1.82, 2.24) is 0 Å². The van der Waals surface area contributed by atoms with Gasteiger partial charge in [0.1, 0.15) is 5.75 Å². The molecule has 1 atom stereocenters. The quantitative estimate of drug-likeness (QED) is 0.697. The summed E-state index contributed by atoms with van der Waals surface area (Å²) in [5.41, 5.74) is 1.36. The largest absolute Gasteiger partial charge is 0.494 e. The SMILES string of the molecule is CCOc1ccc(NC(=O)CS[C@H](C)C(=O)Nc2ccc(Cl)cc2)cc1. The Morgan fingerprint density at radius 1 is 1.04 bits per heavy atom. The van der Waals surface area contributed by atoms with Crippen molar-refractivity contribution in [3.05, 3.63) is 53.6 Å². The van der Waals surface area contributed by atoms with Crippen LogP contribution in [-0.4, -0.2) is 29.4 Å². The van der Waals surface area contributed by atoms with Crippen LogP contribution in [0.15, 0.2) is 48.5 Å². The summed E-state index contributed by atoms with van der Waals surface area (Å²) in [7, 11) is 0. The second-order valence-corrected chi connectivity index (χ2v) is 7.22. The minimum atomic E-state index is -0.364. The summed E-state index contributed by atoms with van der Waals surface area (Å²) in [5.74, 6) is 0.617. The molecule has 0 aliphatic carbocycles. The van der Waals surface area contributed by atoms with Gasteiger partial charge in [-0.05, 0) is 62.4 Å². The topological polar surface area (TPSA) is 67.4 Å².